The summed E-state index contributed by atoms with van der Waals surface area (Å²) in [6.07, 6.45) is 1.27. The first-order valence-corrected chi connectivity index (χ1v) is 18.4. The molecule has 0 radical (unpaired) electrons. The lowest BCUT2D eigenvalue weighted by Gasteiger charge is -2.26. The highest BCUT2D eigenvalue weighted by molar-refractivity contribution is 7.54. The topological polar surface area (TPSA) is 120 Å². The van der Waals surface area contributed by atoms with Crippen LogP contribution in [-0.4, -0.2) is 35.6 Å². The van der Waals surface area contributed by atoms with Crippen molar-refractivity contribution in [1.82, 2.24) is 0 Å². The summed E-state index contributed by atoms with van der Waals surface area (Å²) in [6, 6.07) is 21.3. The van der Waals surface area contributed by atoms with Crippen molar-refractivity contribution in [3.63, 3.8) is 0 Å². The van der Waals surface area contributed by atoms with Crippen LogP contribution in [0.15, 0.2) is 66.7 Å². The van der Waals surface area contributed by atoms with E-state index in [2.05, 4.69) is 0 Å². The van der Waals surface area contributed by atoms with Crippen LogP contribution in [0.4, 0.5) is 0 Å². The summed E-state index contributed by atoms with van der Waals surface area (Å²) in [7, 11) is -3.74. The van der Waals surface area contributed by atoms with Crippen LogP contribution >= 0.6 is 7.60 Å². The summed E-state index contributed by atoms with van der Waals surface area (Å²) in [5.74, 6) is 0.690. The molecule has 8 bridgehead atoms. The van der Waals surface area contributed by atoms with E-state index < -0.39 is 13.4 Å². The standard InChI is InChI=1S/C39H48NO7P/c1-7-44-48(43,45-8-2)39(40)34-22-32-20-30-16-10-14-28(37(30)46-24(3)4)18-26-12-9-13-27(35(26)41)19-29-15-11-17-31(38(29)47-25(5)6)21-33(23-34)36(32)42/h9-17,22-25,39,41-42H,7-8,18-21,40H2,1-6H3/t39-/m0/s1. The Bertz CT molecular complexity index is 1690. The molecule has 0 heterocycles. The van der Waals surface area contributed by atoms with E-state index in [9.17, 15) is 14.8 Å². The first-order valence-electron chi connectivity index (χ1n) is 16.8. The van der Waals surface area contributed by atoms with Crippen LogP contribution in [0.1, 0.15) is 97.4 Å². The molecule has 4 aromatic rings. The minimum absolute atomic E-state index is 0.116. The van der Waals surface area contributed by atoms with Gasteiger partial charge in [-0.3, -0.25) is 4.57 Å². The van der Waals surface area contributed by atoms with Gasteiger partial charge in [0.1, 0.15) is 28.8 Å². The number of ether oxygens (including phenoxy) is 2. The second-order valence-corrected chi connectivity index (χ2v) is 14.9. The first-order chi connectivity index (χ1) is 22.9. The molecule has 0 saturated carbocycles. The maximum absolute atomic E-state index is 13.9. The molecule has 1 atom stereocenters. The Morgan fingerprint density at radius 1 is 0.625 bits per heavy atom. The van der Waals surface area contributed by atoms with Gasteiger partial charge in [0, 0.05) is 25.7 Å². The number of phenolic OH excluding ortho intramolecular Hbond substituents is 2. The Kier molecular flexibility index (Phi) is 11.2. The maximum atomic E-state index is 13.9. The monoisotopic (exact) mass is 673 g/mol. The summed E-state index contributed by atoms with van der Waals surface area (Å²) in [5, 5.41) is 23.5. The lowest BCUT2D eigenvalue weighted by atomic mass is 9.90. The van der Waals surface area contributed by atoms with Gasteiger partial charge in [0.15, 0.2) is 0 Å². The van der Waals surface area contributed by atoms with Crippen molar-refractivity contribution in [3.8, 4) is 23.0 Å². The predicted molar refractivity (Wildman–Crippen MR) is 190 cm³/mol. The Balaban J connectivity index is 1.78. The van der Waals surface area contributed by atoms with Gasteiger partial charge in [0.05, 0.1) is 25.4 Å². The summed E-state index contributed by atoms with van der Waals surface area (Å²) < 4.78 is 38.1. The lowest BCUT2D eigenvalue weighted by Crippen LogP contribution is -2.16. The summed E-state index contributed by atoms with van der Waals surface area (Å²) >= 11 is 0. The average Bonchev–Trinajstić information content (AvgIpc) is 3.03. The largest absolute Gasteiger partial charge is 0.507 e. The number of fused-ring (bicyclic) bond motifs is 8. The van der Waals surface area contributed by atoms with Crippen LogP contribution in [0.25, 0.3) is 0 Å². The zero-order valence-corrected chi connectivity index (χ0v) is 29.7. The van der Waals surface area contributed by atoms with Crippen molar-refractivity contribution >= 4 is 7.60 Å². The van der Waals surface area contributed by atoms with Gasteiger partial charge in [-0.2, -0.15) is 0 Å². The number of para-hydroxylation sites is 3. The molecule has 4 N–H and O–H groups in total. The van der Waals surface area contributed by atoms with Gasteiger partial charge in [-0.1, -0.05) is 54.6 Å². The molecular weight excluding hydrogens is 625 g/mol. The molecule has 9 heteroatoms. The van der Waals surface area contributed by atoms with E-state index >= 15 is 0 Å². The van der Waals surface area contributed by atoms with E-state index in [-0.39, 0.29) is 36.9 Å². The van der Waals surface area contributed by atoms with Crippen molar-refractivity contribution in [2.45, 2.75) is 85.2 Å². The van der Waals surface area contributed by atoms with Gasteiger partial charge >= 0.3 is 7.60 Å². The fourth-order valence-corrected chi connectivity index (χ4v) is 7.95. The third kappa shape index (κ3) is 7.74. The van der Waals surface area contributed by atoms with Gasteiger partial charge in [-0.25, -0.2) is 0 Å². The Labute approximate surface area is 284 Å². The smallest absolute Gasteiger partial charge is 0.351 e. The molecule has 8 nitrogen and oxygen atoms in total. The summed E-state index contributed by atoms with van der Waals surface area (Å²) in [6.45, 7) is 11.8. The van der Waals surface area contributed by atoms with Gasteiger partial charge in [0.25, 0.3) is 0 Å². The van der Waals surface area contributed by atoms with Gasteiger partial charge in [0.2, 0.25) is 0 Å². The third-order valence-electron chi connectivity index (χ3n) is 8.38. The number of benzene rings is 4. The molecule has 0 aliphatic heterocycles. The number of phenols is 2. The molecule has 256 valence electrons. The second-order valence-electron chi connectivity index (χ2n) is 12.8. The Morgan fingerprint density at radius 3 is 1.31 bits per heavy atom. The van der Waals surface area contributed by atoms with E-state index in [1.807, 2.05) is 82.3 Å². The van der Waals surface area contributed by atoms with Crippen molar-refractivity contribution in [2.24, 2.45) is 5.73 Å². The zero-order valence-electron chi connectivity index (χ0n) is 28.8. The number of hydrogen-bond acceptors (Lipinski definition) is 8. The van der Waals surface area contributed by atoms with Gasteiger partial charge in [-0.15, -0.1) is 0 Å². The average molecular weight is 674 g/mol. The SMILES string of the molecule is CCOP(=O)(OCC)[C@H](N)c1cc2c(O)c(c1)Cc1cccc(c1OC(C)C)Cc1cccc(c1O)Cc1cccc(c1OC(C)C)C2. The van der Waals surface area contributed by atoms with Crippen LogP contribution in [0.3, 0.4) is 0 Å². The molecule has 0 amide bonds. The minimum Gasteiger partial charge on any atom is -0.507 e. The van der Waals surface area contributed by atoms with E-state index in [0.29, 0.717) is 53.9 Å². The quantitative estimate of drug-likeness (QED) is 0.126. The molecule has 0 fully saturated rings. The van der Waals surface area contributed by atoms with E-state index in [1.165, 1.54) is 0 Å². The second kappa shape index (κ2) is 15.2. The maximum Gasteiger partial charge on any atom is 0.351 e. The van der Waals surface area contributed by atoms with Crippen LogP contribution in [0.2, 0.25) is 0 Å². The van der Waals surface area contributed by atoms with E-state index in [1.54, 1.807) is 26.0 Å². The van der Waals surface area contributed by atoms with E-state index in [0.717, 1.165) is 33.4 Å². The number of rotatable bonds is 10. The highest BCUT2D eigenvalue weighted by Gasteiger charge is 2.35. The van der Waals surface area contributed by atoms with Crippen LogP contribution in [0, 0.1) is 0 Å². The molecular formula is C39H48NO7P. The number of hydrogen-bond donors (Lipinski definition) is 3. The summed E-state index contributed by atoms with van der Waals surface area (Å²) in [5.41, 5.74) is 13.6. The highest BCUT2D eigenvalue weighted by atomic mass is 31.2. The number of nitrogens with two attached hydrogens (primary N) is 1. The molecule has 48 heavy (non-hydrogen) atoms. The van der Waals surface area contributed by atoms with Crippen molar-refractivity contribution in [2.75, 3.05) is 13.2 Å². The van der Waals surface area contributed by atoms with Gasteiger partial charge < -0.3 is 34.5 Å². The Morgan fingerprint density at radius 2 is 0.958 bits per heavy atom. The molecule has 1 aliphatic carbocycles. The van der Waals surface area contributed by atoms with Crippen LogP contribution in [0.5, 0.6) is 23.0 Å². The van der Waals surface area contributed by atoms with E-state index in [4.69, 9.17) is 24.3 Å². The fourth-order valence-electron chi connectivity index (χ4n) is 6.33. The molecule has 5 rings (SSSR count). The zero-order chi connectivity index (χ0) is 34.6. The Hall–Kier alpha value is -3.81. The summed E-state index contributed by atoms with van der Waals surface area (Å²) in [4.78, 5) is 0. The molecule has 0 saturated heterocycles. The van der Waals surface area contributed by atoms with Crippen molar-refractivity contribution < 1.29 is 33.3 Å². The molecule has 0 unspecified atom stereocenters. The third-order valence-corrected chi connectivity index (χ3v) is 10.6. The lowest BCUT2D eigenvalue weighted by molar-refractivity contribution is 0.212. The molecule has 1 aliphatic rings. The van der Waals surface area contributed by atoms with Crippen molar-refractivity contribution in [1.29, 1.82) is 0 Å². The molecule has 0 aromatic heterocycles. The minimum atomic E-state index is -3.74. The predicted octanol–water partition coefficient (Wildman–Crippen LogP) is 8.57. The number of aromatic hydroxyl groups is 2. The van der Waals surface area contributed by atoms with Crippen LogP contribution < -0.4 is 15.2 Å². The molecule has 0 spiro atoms. The van der Waals surface area contributed by atoms with Crippen molar-refractivity contribution in [3.05, 3.63) is 117 Å². The fraction of sp³-hybridized carbons (Fsp3) is 0.385. The normalized spacial score (nSPS) is 13.9. The van der Waals surface area contributed by atoms with Gasteiger partial charge in [-0.05, 0) is 104 Å². The van der Waals surface area contributed by atoms with Crippen LogP contribution in [-0.2, 0) is 39.3 Å². The molecule has 4 aromatic carbocycles. The first kappa shape index (κ1) is 35.5. The highest BCUT2D eigenvalue weighted by Crippen LogP contribution is 2.58.